The van der Waals surface area contributed by atoms with Gasteiger partial charge in [-0.25, -0.2) is 4.68 Å². The Balaban J connectivity index is 1.92. The third kappa shape index (κ3) is 2.21. The number of rotatable bonds is 3. The van der Waals surface area contributed by atoms with E-state index in [1.54, 1.807) is 29.1 Å². The number of hydrogen-bond acceptors (Lipinski definition) is 5. The van der Waals surface area contributed by atoms with Crippen molar-refractivity contribution in [1.29, 1.82) is 5.26 Å². The van der Waals surface area contributed by atoms with E-state index in [1.165, 1.54) is 0 Å². The predicted octanol–water partition coefficient (Wildman–Crippen LogP) is 1.85. The molecule has 0 bridgehead atoms. The first-order chi connectivity index (χ1) is 9.36. The second-order valence-corrected chi connectivity index (χ2v) is 3.95. The SMILES string of the molecule is N#Cc1cccc(Cn2nnnc2-c2ccco2)c1. The van der Waals surface area contributed by atoms with Gasteiger partial charge in [-0.3, -0.25) is 0 Å². The molecule has 0 unspecified atom stereocenters. The third-order valence-corrected chi connectivity index (χ3v) is 2.66. The van der Waals surface area contributed by atoms with Gasteiger partial charge in [-0.1, -0.05) is 12.1 Å². The first kappa shape index (κ1) is 11.2. The van der Waals surface area contributed by atoms with Crippen molar-refractivity contribution < 1.29 is 4.42 Å². The number of tetrazole rings is 1. The van der Waals surface area contributed by atoms with Crippen LogP contribution in [0.15, 0.2) is 47.1 Å². The molecule has 6 heteroatoms. The topological polar surface area (TPSA) is 80.5 Å². The summed E-state index contributed by atoms with van der Waals surface area (Å²) in [7, 11) is 0. The third-order valence-electron chi connectivity index (χ3n) is 2.66. The highest BCUT2D eigenvalue weighted by Gasteiger charge is 2.11. The van der Waals surface area contributed by atoms with Crippen LogP contribution in [0.2, 0.25) is 0 Å². The van der Waals surface area contributed by atoms with E-state index in [4.69, 9.17) is 9.68 Å². The molecule has 0 aliphatic heterocycles. The fourth-order valence-electron chi connectivity index (χ4n) is 1.81. The summed E-state index contributed by atoms with van der Waals surface area (Å²) >= 11 is 0. The molecule has 6 nitrogen and oxygen atoms in total. The van der Waals surface area contributed by atoms with Crippen LogP contribution in [0.4, 0.5) is 0 Å². The summed E-state index contributed by atoms with van der Waals surface area (Å²) in [6.07, 6.45) is 1.57. The molecule has 0 saturated heterocycles. The Morgan fingerprint density at radius 3 is 3.00 bits per heavy atom. The summed E-state index contributed by atoms with van der Waals surface area (Å²) in [6, 6.07) is 13.0. The Bertz CT molecular complexity index is 724. The van der Waals surface area contributed by atoms with Crippen molar-refractivity contribution in [2.75, 3.05) is 0 Å². The minimum Gasteiger partial charge on any atom is -0.461 e. The Kier molecular flexibility index (Phi) is 2.79. The van der Waals surface area contributed by atoms with Crippen molar-refractivity contribution in [3.8, 4) is 17.7 Å². The van der Waals surface area contributed by atoms with Crippen molar-refractivity contribution in [3.63, 3.8) is 0 Å². The van der Waals surface area contributed by atoms with Crippen LogP contribution in [0, 0.1) is 11.3 Å². The van der Waals surface area contributed by atoms with E-state index in [0.717, 1.165) is 5.56 Å². The fraction of sp³-hybridized carbons (Fsp3) is 0.0769. The molecule has 0 N–H and O–H groups in total. The van der Waals surface area contributed by atoms with E-state index in [2.05, 4.69) is 21.6 Å². The van der Waals surface area contributed by atoms with E-state index in [-0.39, 0.29) is 0 Å². The molecule has 0 fully saturated rings. The molecule has 0 amide bonds. The number of furan rings is 1. The van der Waals surface area contributed by atoms with Gasteiger partial charge >= 0.3 is 0 Å². The van der Waals surface area contributed by atoms with Crippen LogP contribution in [0.25, 0.3) is 11.6 Å². The Morgan fingerprint density at radius 2 is 2.21 bits per heavy atom. The Labute approximate surface area is 108 Å². The summed E-state index contributed by atoms with van der Waals surface area (Å²) in [5, 5.41) is 20.4. The standard InChI is InChI=1S/C13H9N5O/c14-8-10-3-1-4-11(7-10)9-18-13(15-16-17-18)12-5-2-6-19-12/h1-7H,9H2. The summed E-state index contributed by atoms with van der Waals surface area (Å²) in [5.41, 5.74) is 1.57. The average molecular weight is 251 g/mol. The minimum absolute atomic E-state index is 0.485. The molecule has 19 heavy (non-hydrogen) atoms. The lowest BCUT2D eigenvalue weighted by Gasteiger charge is -2.03. The maximum Gasteiger partial charge on any atom is 0.218 e. The van der Waals surface area contributed by atoms with E-state index >= 15 is 0 Å². The highest BCUT2D eigenvalue weighted by molar-refractivity contribution is 5.45. The molecule has 1 aromatic carbocycles. The predicted molar refractivity (Wildman–Crippen MR) is 65.8 cm³/mol. The molecule has 0 atom stereocenters. The van der Waals surface area contributed by atoms with Crippen LogP contribution in [0.5, 0.6) is 0 Å². The average Bonchev–Trinajstić information content (AvgIpc) is 3.09. The van der Waals surface area contributed by atoms with Gasteiger partial charge < -0.3 is 4.42 Å². The molecule has 92 valence electrons. The Morgan fingerprint density at radius 1 is 1.26 bits per heavy atom. The smallest absolute Gasteiger partial charge is 0.218 e. The molecule has 0 spiro atoms. The van der Waals surface area contributed by atoms with Crippen LogP contribution >= 0.6 is 0 Å². The molecule has 2 aromatic heterocycles. The van der Waals surface area contributed by atoms with Gasteiger partial charge in [0, 0.05) is 0 Å². The largest absolute Gasteiger partial charge is 0.461 e. The van der Waals surface area contributed by atoms with Gasteiger partial charge in [0.15, 0.2) is 5.76 Å². The van der Waals surface area contributed by atoms with Crippen LogP contribution in [-0.4, -0.2) is 20.2 Å². The highest BCUT2D eigenvalue weighted by Crippen LogP contribution is 2.17. The molecule has 2 heterocycles. The maximum atomic E-state index is 8.88. The summed E-state index contributed by atoms with van der Waals surface area (Å²) < 4.78 is 6.92. The summed E-state index contributed by atoms with van der Waals surface area (Å²) in [4.78, 5) is 0. The highest BCUT2D eigenvalue weighted by atomic mass is 16.3. The molecule has 3 rings (SSSR count). The van der Waals surface area contributed by atoms with E-state index in [1.807, 2.05) is 18.2 Å². The fourth-order valence-corrected chi connectivity index (χ4v) is 1.81. The first-order valence-corrected chi connectivity index (χ1v) is 5.66. The lowest BCUT2D eigenvalue weighted by molar-refractivity contribution is 0.565. The zero-order valence-electron chi connectivity index (χ0n) is 9.89. The second-order valence-electron chi connectivity index (χ2n) is 3.95. The number of aromatic nitrogens is 4. The molecule has 0 aliphatic rings. The van der Waals surface area contributed by atoms with Crippen molar-refractivity contribution in [2.24, 2.45) is 0 Å². The van der Waals surface area contributed by atoms with E-state index in [0.29, 0.717) is 23.7 Å². The number of benzene rings is 1. The molecular formula is C13H9N5O. The van der Waals surface area contributed by atoms with Gasteiger partial charge in [-0.2, -0.15) is 5.26 Å². The van der Waals surface area contributed by atoms with Gasteiger partial charge in [0.05, 0.1) is 24.4 Å². The number of nitriles is 1. The summed E-state index contributed by atoms with van der Waals surface area (Å²) in [6.45, 7) is 0.485. The number of nitrogens with zero attached hydrogens (tertiary/aromatic N) is 5. The van der Waals surface area contributed by atoms with Gasteiger partial charge in [-0.15, -0.1) is 5.10 Å². The monoisotopic (exact) mass is 251 g/mol. The van der Waals surface area contributed by atoms with Crippen molar-refractivity contribution in [2.45, 2.75) is 6.54 Å². The van der Waals surface area contributed by atoms with Crippen molar-refractivity contribution in [1.82, 2.24) is 20.2 Å². The van der Waals surface area contributed by atoms with Gasteiger partial charge in [0.1, 0.15) is 0 Å². The first-order valence-electron chi connectivity index (χ1n) is 5.66. The minimum atomic E-state index is 0.485. The summed E-state index contributed by atoms with van der Waals surface area (Å²) in [5.74, 6) is 1.17. The zero-order valence-corrected chi connectivity index (χ0v) is 9.89. The maximum absolute atomic E-state index is 8.88. The zero-order chi connectivity index (χ0) is 13.1. The quantitative estimate of drug-likeness (QED) is 0.709. The van der Waals surface area contributed by atoms with Gasteiger partial charge in [-0.05, 0) is 40.3 Å². The van der Waals surface area contributed by atoms with E-state index < -0.39 is 0 Å². The molecule has 0 saturated carbocycles. The van der Waals surface area contributed by atoms with Crippen LogP contribution < -0.4 is 0 Å². The van der Waals surface area contributed by atoms with Crippen molar-refractivity contribution >= 4 is 0 Å². The Hall–Kier alpha value is -2.94. The normalized spacial score (nSPS) is 10.3. The van der Waals surface area contributed by atoms with Crippen molar-refractivity contribution in [3.05, 3.63) is 53.8 Å². The van der Waals surface area contributed by atoms with Gasteiger partial charge in [0.25, 0.3) is 0 Å². The van der Waals surface area contributed by atoms with Gasteiger partial charge in [0.2, 0.25) is 5.82 Å². The lowest BCUT2D eigenvalue weighted by atomic mass is 10.1. The lowest BCUT2D eigenvalue weighted by Crippen LogP contribution is -2.04. The molecular weight excluding hydrogens is 242 g/mol. The molecule has 0 aliphatic carbocycles. The van der Waals surface area contributed by atoms with Crippen LogP contribution in [0.1, 0.15) is 11.1 Å². The number of hydrogen-bond donors (Lipinski definition) is 0. The van der Waals surface area contributed by atoms with Crippen LogP contribution in [-0.2, 0) is 6.54 Å². The molecule has 0 radical (unpaired) electrons. The van der Waals surface area contributed by atoms with E-state index in [9.17, 15) is 0 Å². The molecule has 3 aromatic rings. The van der Waals surface area contributed by atoms with Crippen LogP contribution in [0.3, 0.4) is 0 Å². The second kappa shape index (κ2) is 4.74.